The molecule has 0 bridgehead atoms. The first kappa shape index (κ1) is 35.4. The highest BCUT2D eigenvalue weighted by Gasteiger charge is 2.35. The summed E-state index contributed by atoms with van der Waals surface area (Å²) < 4.78 is 69.8. The third kappa shape index (κ3) is 9.08. The van der Waals surface area contributed by atoms with E-state index >= 15 is 0 Å². The van der Waals surface area contributed by atoms with Crippen molar-refractivity contribution in [3.05, 3.63) is 40.6 Å². The summed E-state index contributed by atoms with van der Waals surface area (Å²) in [4.78, 5) is 14.5. The van der Waals surface area contributed by atoms with Crippen LogP contribution < -0.4 is 5.32 Å². The van der Waals surface area contributed by atoms with Crippen LogP contribution in [0.25, 0.3) is 11.3 Å². The van der Waals surface area contributed by atoms with Gasteiger partial charge in [-0.3, -0.25) is 9.48 Å². The molecule has 0 spiro atoms. The number of benzene rings is 1. The number of halogens is 3. The highest BCUT2D eigenvalue weighted by Crippen LogP contribution is 2.37. The first-order valence-electron chi connectivity index (χ1n) is 15.7. The van der Waals surface area contributed by atoms with Crippen LogP contribution in [0.2, 0.25) is 0 Å². The van der Waals surface area contributed by atoms with Crippen LogP contribution in [-0.4, -0.2) is 77.0 Å². The minimum Gasteiger partial charge on any atom is -0.390 e. The van der Waals surface area contributed by atoms with E-state index in [2.05, 4.69) is 31.0 Å². The molecule has 13 heteroatoms. The number of likely N-dealkylation sites (tertiary alicyclic amines) is 1. The van der Waals surface area contributed by atoms with Crippen LogP contribution in [-0.2, 0) is 47.0 Å². The number of β-amino-alcohol motifs (C(OH)–C–C–N with tert-alkyl or cyclic N) is 1. The SMILES string of the molecule is CC(C)CC(=O)NCc1cc(-c2nn(CC(O)CN3CCC(C(C)(C)C)CC3)c3c2CN(S(C)(=O)=O)CC3)ccc1C(F)(F)F. The van der Waals surface area contributed by atoms with Gasteiger partial charge in [0.25, 0.3) is 0 Å². The van der Waals surface area contributed by atoms with E-state index in [9.17, 15) is 31.5 Å². The van der Waals surface area contributed by atoms with Gasteiger partial charge in [-0.15, -0.1) is 0 Å². The van der Waals surface area contributed by atoms with Crippen molar-refractivity contribution in [3.63, 3.8) is 0 Å². The molecule has 0 radical (unpaired) electrons. The van der Waals surface area contributed by atoms with Gasteiger partial charge in [-0.2, -0.15) is 22.6 Å². The number of rotatable bonds is 10. The van der Waals surface area contributed by atoms with E-state index in [0.717, 1.165) is 43.9 Å². The number of aliphatic hydroxyl groups excluding tert-OH is 1. The Morgan fingerprint density at radius 1 is 1.11 bits per heavy atom. The lowest BCUT2D eigenvalue weighted by Crippen LogP contribution is -2.42. The number of hydrogen-bond donors (Lipinski definition) is 2. The van der Waals surface area contributed by atoms with E-state index in [0.29, 0.717) is 35.7 Å². The van der Waals surface area contributed by atoms with Gasteiger partial charge < -0.3 is 15.3 Å². The molecule has 1 fully saturated rings. The number of hydrogen-bond acceptors (Lipinski definition) is 6. The van der Waals surface area contributed by atoms with E-state index in [-0.39, 0.29) is 55.4 Å². The Bertz CT molecular complexity index is 1460. The van der Waals surface area contributed by atoms with Crippen molar-refractivity contribution < 1.29 is 31.5 Å². The number of sulfonamides is 1. The van der Waals surface area contributed by atoms with Crippen LogP contribution in [0.15, 0.2) is 18.2 Å². The minimum atomic E-state index is -4.63. The fourth-order valence-corrected chi connectivity index (χ4v) is 7.26. The summed E-state index contributed by atoms with van der Waals surface area (Å²) in [5, 5.41) is 18.5. The molecule has 252 valence electrons. The molecule has 1 unspecified atom stereocenters. The zero-order chi connectivity index (χ0) is 33.3. The van der Waals surface area contributed by atoms with E-state index in [1.165, 1.54) is 16.4 Å². The Balaban J connectivity index is 1.63. The van der Waals surface area contributed by atoms with Crippen molar-refractivity contribution in [1.29, 1.82) is 0 Å². The van der Waals surface area contributed by atoms with Crippen LogP contribution in [0.3, 0.4) is 0 Å². The van der Waals surface area contributed by atoms with Gasteiger partial charge in [0, 0.05) is 55.8 Å². The molecular weight excluding hydrogens is 607 g/mol. The highest BCUT2D eigenvalue weighted by molar-refractivity contribution is 7.88. The van der Waals surface area contributed by atoms with E-state index in [4.69, 9.17) is 5.10 Å². The molecule has 0 aliphatic carbocycles. The highest BCUT2D eigenvalue weighted by atomic mass is 32.2. The first-order chi connectivity index (χ1) is 20.8. The van der Waals surface area contributed by atoms with Crippen molar-refractivity contribution in [2.75, 3.05) is 32.4 Å². The van der Waals surface area contributed by atoms with Crippen LogP contribution >= 0.6 is 0 Å². The second-order valence-corrected chi connectivity index (χ2v) is 16.1. The van der Waals surface area contributed by atoms with Gasteiger partial charge in [-0.25, -0.2) is 8.42 Å². The molecular formula is C32H48F3N5O4S. The molecule has 2 aliphatic rings. The number of alkyl halides is 3. The smallest absolute Gasteiger partial charge is 0.390 e. The number of fused-ring (bicyclic) bond motifs is 1. The van der Waals surface area contributed by atoms with Gasteiger partial charge >= 0.3 is 6.18 Å². The topological polar surface area (TPSA) is 108 Å². The number of carbonyl (C=O) groups is 1. The molecule has 45 heavy (non-hydrogen) atoms. The number of piperidine rings is 1. The molecule has 2 aromatic rings. The van der Waals surface area contributed by atoms with E-state index < -0.39 is 27.9 Å². The van der Waals surface area contributed by atoms with Crippen LogP contribution in [0, 0.1) is 17.3 Å². The molecule has 1 saturated heterocycles. The predicted octanol–water partition coefficient (Wildman–Crippen LogP) is 4.67. The quantitative estimate of drug-likeness (QED) is 0.386. The van der Waals surface area contributed by atoms with Crippen LogP contribution in [0.1, 0.15) is 76.3 Å². The average Bonchev–Trinajstić information content (AvgIpc) is 3.27. The van der Waals surface area contributed by atoms with Gasteiger partial charge in [-0.1, -0.05) is 40.7 Å². The maximum absolute atomic E-state index is 14.0. The summed E-state index contributed by atoms with van der Waals surface area (Å²) in [5.74, 6) is 0.337. The maximum Gasteiger partial charge on any atom is 0.416 e. The summed E-state index contributed by atoms with van der Waals surface area (Å²) in [6, 6.07) is 3.70. The largest absolute Gasteiger partial charge is 0.416 e. The number of aromatic nitrogens is 2. The molecule has 9 nitrogen and oxygen atoms in total. The van der Waals surface area contributed by atoms with Gasteiger partial charge in [-0.05, 0) is 60.9 Å². The van der Waals surface area contributed by atoms with Gasteiger partial charge in [0.1, 0.15) is 0 Å². The molecule has 2 aliphatic heterocycles. The minimum absolute atomic E-state index is 0.0292. The third-order valence-electron chi connectivity index (χ3n) is 8.99. The molecule has 1 atom stereocenters. The number of amides is 1. The first-order valence-corrected chi connectivity index (χ1v) is 17.6. The van der Waals surface area contributed by atoms with Gasteiger partial charge in [0.05, 0.1) is 30.2 Å². The van der Waals surface area contributed by atoms with Crippen molar-refractivity contribution in [1.82, 2.24) is 24.3 Å². The van der Waals surface area contributed by atoms with Crippen LogP contribution in [0.4, 0.5) is 13.2 Å². The number of nitrogens with one attached hydrogen (secondary N) is 1. The van der Waals surface area contributed by atoms with Gasteiger partial charge in [0.15, 0.2) is 0 Å². The lowest BCUT2D eigenvalue weighted by atomic mass is 9.75. The number of aliphatic hydroxyl groups is 1. The Morgan fingerprint density at radius 2 is 1.78 bits per heavy atom. The second kappa shape index (κ2) is 13.7. The van der Waals surface area contributed by atoms with Crippen molar-refractivity contribution >= 4 is 15.9 Å². The third-order valence-corrected chi connectivity index (χ3v) is 10.2. The lowest BCUT2D eigenvalue weighted by Gasteiger charge is -2.39. The zero-order valence-electron chi connectivity index (χ0n) is 27.2. The van der Waals surface area contributed by atoms with Crippen LogP contribution in [0.5, 0.6) is 0 Å². The molecule has 1 aromatic heterocycles. The van der Waals surface area contributed by atoms with E-state index in [1.54, 1.807) is 4.68 Å². The predicted molar refractivity (Wildman–Crippen MR) is 168 cm³/mol. The summed E-state index contributed by atoms with van der Waals surface area (Å²) in [5.41, 5.74) is 1.43. The molecule has 3 heterocycles. The fraction of sp³-hybridized carbons (Fsp3) is 0.688. The normalized spacial score (nSPS) is 18.3. The summed E-state index contributed by atoms with van der Waals surface area (Å²) >= 11 is 0. The van der Waals surface area contributed by atoms with Crippen molar-refractivity contribution in [2.45, 2.75) is 92.2 Å². The molecule has 1 aromatic carbocycles. The summed E-state index contributed by atoms with van der Waals surface area (Å²) in [6.07, 6.45) is -1.56. The molecule has 2 N–H and O–H groups in total. The Kier molecular flexibility index (Phi) is 10.8. The van der Waals surface area contributed by atoms with Gasteiger partial charge in [0.2, 0.25) is 15.9 Å². The van der Waals surface area contributed by atoms with Crippen molar-refractivity contribution in [3.8, 4) is 11.3 Å². The van der Waals surface area contributed by atoms with E-state index in [1.807, 2.05) is 13.8 Å². The molecule has 1 amide bonds. The summed E-state index contributed by atoms with van der Waals surface area (Å²) in [7, 11) is -3.53. The average molecular weight is 656 g/mol. The summed E-state index contributed by atoms with van der Waals surface area (Å²) in [6.45, 7) is 12.9. The Hall–Kier alpha value is -2.48. The molecule has 4 rings (SSSR count). The number of carbonyl (C=O) groups excluding carboxylic acids is 1. The standard InChI is InChI=1S/C32H48F3N5O4S/c1-21(2)15-29(42)36-17-23-16-22(7-8-27(23)32(33,34)35)30-26-20-39(45(6,43)44)14-11-28(26)40(37-30)19-25(41)18-38-12-9-24(10-13-38)31(3,4)5/h7-8,16,21,24-25,41H,9-15,17-20H2,1-6H3,(H,36,42). The maximum atomic E-state index is 14.0. The monoisotopic (exact) mass is 655 g/mol. The molecule has 0 saturated carbocycles. The Morgan fingerprint density at radius 3 is 2.36 bits per heavy atom. The second-order valence-electron chi connectivity index (χ2n) is 14.1. The van der Waals surface area contributed by atoms with Crippen molar-refractivity contribution in [2.24, 2.45) is 17.3 Å². The number of nitrogens with zero attached hydrogens (tertiary/aromatic N) is 4. The Labute approximate surface area is 265 Å². The zero-order valence-corrected chi connectivity index (χ0v) is 28.1. The lowest BCUT2D eigenvalue weighted by molar-refractivity contribution is -0.138. The fourth-order valence-electron chi connectivity index (χ4n) is 6.47.